The van der Waals surface area contributed by atoms with Crippen molar-refractivity contribution in [2.45, 2.75) is 17.9 Å². The topological polar surface area (TPSA) is 115 Å². The van der Waals surface area contributed by atoms with Crippen molar-refractivity contribution in [3.05, 3.63) is 29.8 Å². The predicted octanol–water partition coefficient (Wildman–Crippen LogP) is -0.527. The van der Waals surface area contributed by atoms with Crippen LogP contribution in [0.3, 0.4) is 0 Å². The summed E-state index contributed by atoms with van der Waals surface area (Å²) in [6.07, 6.45) is 0. The average Bonchev–Trinajstić information content (AvgIpc) is 2.28. The Morgan fingerprint density at radius 3 is 2.39 bits per heavy atom. The standard InChI is InChI=1S/C10H13N3O3S2/c1-6(9(11)14)13-18(15,16)8-5-3-2-4-7(8)10(12)17/h2-6,13H,1H3,(H2,11,14)(H2,12,17). The first-order chi connectivity index (χ1) is 8.25. The van der Waals surface area contributed by atoms with Crippen LogP contribution in [0.25, 0.3) is 0 Å². The van der Waals surface area contributed by atoms with Crippen LogP contribution in [0.4, 0.5) is 0 Å². The molecule has 0 aliphatic carbocycles. The van der Waals surface area contributed by atoms with Crippen molar-refractivity contribution in [1.29, 1.82) is 0 Å². The summed E-state index contributed by atoms with van der Waals surface area (Å²) in [4.78, 5) is 10.8. The van der Waals surface area contributed by atoms with E-state index in [2.05, 4.69) is 4.72 Å². The van der Waals surface area contributed by atoms with Crippen LogP contribution in [0.2, 0.25) is 0 Å². The molecule has 0 aliphatic rings. The molecule has 8 heteroatoms. The first-order valence-electron chi connectivity index (χ1n) is 4.96. The SMILES string of the molecule is CC(NS(=O)(=O)c1ccccc1C(N)=S)C(N)=O. The Bertz CT molecular complexity index is 584. The van der Waals surface area contributed by atoms with Gasteiger partial charge in [-0.2, -0.15) is 4.72 Å². The van der Waals surface area contributed by atoms with Crippen LogP contribution in [0.15, 0.2) is 29.2 Å². The van der Waals surface area contributed by atoms with Crippen molar-refractivity contribution < 1.29 is 13.2 Å². The maximum Gasteiger partial charge on any atom is 0.241 e. The molecule has 1 rings (SSSR count). The van der Waals surface area contributed by atoms with Gasteiger partial charge in [-0.1, -0.05) is 30.4 Å². The van der Waals surface area contributed by atoms with Crippen LogP contribution in [-0.4, -0.2) is 25.4 Å². The Hall–Kier alpha value is -1.51. The number of rotatable bonds is 5. The van der Waals surface area contributed by atoms with Gasteiger partial charge in [-0.25, -0.2) is 8.42 Å². The van der Waals surface area contributed by atoms with Gasteiger partial charge >= 0.3 is 0 Å². The number of thiocarbonyl (C=S) groups is 1. The van der Waals surface area contributed by atoms with Crippen LogP contribution < -0.4 is 16.2 Å². The number of amides is 1. The molecular formula is C10H13N3O3S2. The molecule has 0 radical (unpaired) electrons. The summed E-state index contributed by atoms with van der Waals surface area (Å²) in [5, 5.41) is 0. The maximum absolute atomic E-state index is 12.0. The normalized spacial score (nSPS) is 12.9. The minimum Gasteiger partial charge on any atom is -0.389 e. The second-order valence-electron chi connectivity index (χ2n) is 3.61. The van der Waals surface area contributed by atoms with Crippen LogP contribution in [-0.2, 0) is 14.8 Å². The molecule has 0 spiro atoms. The van der Waals surface area contributed by atoms with E-state index in [1.807, 2.05) is 0 Å². The van der Waals surface area contributed by atoms with Gasteiger partial charge < -0.3 is 11.5 Å². The number of hydrogen-bond donors (Lipinski definition) is 3. The van der Waals surface area contributed by atoms with Gasteiger partial charge in [0.15, 0.2) is 0 Å². The van der Waals surface area contributed by atoms with Gasteiger partial charge in [0.25, 0.3) is 0 Å². The largest absolute Gasteiger partial charge is 0.389 e. The molecule has 0 saturated heterocycles. The van der Waals surface area contributed by atoms with Gasteiger partial charge in [-0.3, -0.25) is 4.79 Å². The summed E-state index contributed by atoms with van der Waals surface area (Å²) in [7, 11) is -3.90. The highest BCUT2D eigenvalue weighted by Gasteiger charge is 2.23. The average molecular weight is 287 g/mol. The van der Waals surface area contributed by atoms with E-state index in [-0.39, 0.29) is 15.4 Å². The molecule has 18 heavy (non-hydrogen) atoms. The highest BCUT2D eigenvalue weighted by atomic mass is 32.2. The van der Waals surface area contributed by atoms with E-state index in [0.717, 1.165) is 0 Å². The predicted molar refractivity (Wildman–Crippen MR) is 71.3 cm³/mol. The smallest absolute Gasteiger partial charge is 0.241 e. The summed E-state index contributed by atoms with van der Waals surface area (Å²) in [5.74, 6) is -0.772. The summed E-state index contributed by atoms with van der Waals surface area (Å²) in [6, 6.07) is 4.97. The van der Waals surface area contributed by atoms with E-state index in [0.29, 0.717) is 0 Å². The van der Waals surface area contributed by atoms with E-state index in [4.69, 9.17) is 23.7 Å². The summed E-state index contributed by atoms with van der Waals surface area (Å²) in [6.45, 7) is 1.35. The Kier molecular flexibility index (Phi) is 4.38. The highest BCUT2D eigenvalue weighted by Crippen LogP contribution is 2.15. The number of nitrogens with two attached hydrogens (primary N) is 2. The van der Waals surface area contributed by atoms with Crippen molar-refractivity contribution >= 4 is 33.1 Å². The van der Waals surface area contributed by atoms with E-state index in [1.165, 1.54) is 25.1 Å². The Morgan fingerprint density at radius 1 is 1.33 bits per heavy atom. The summed E-state index contributed by atoms with van der Waals surface area (Å²) >= 11 is 4.78. The third-order valence-electron chi connectivity index (χ3n) is 2.20. The van der Waals surface area contributed by atoms with E-state index < -0.39 is 22.0 Å². The lowest BCUT2D eigenvalue weighted by molar-refractivity contribution is -0.119. The lowest BCUT2D eigenvalue weighted by Crippen LogP contribution is -2.42. The molecule has 0 aliphatic heterocycles. The fourth-order valence-electron chi connectivity index (χ4n) is 1.26. The number of sulfonamides is 1. The first-order valence-corrected chi connectivity index (χ1v) is 6.85. The van der Waals surface area contributed by atoms with Crippen LogP contribution in [0.1, 0.15) is 12.5 Å². The zero-order chi connectivity index (χ0) is 13.9. The van der Waals surface area contributed by atoms with Crippen molar-refractivity contribution in [3.8, 4) is 0 Å². The van der Waals surface area contributed by atoms with Crippen molar-refractivity contribution in [3.63, 3.8) is 0 Å². The zero-order valence-corrected chi connectivity index (χ0v) is 11.2. The monoisotopic (exact) mass is 287 g/mol. The zero-order valence-electron chi connectivity index (χ0n) is 9.58. The number of nitrogens with one attached hydrogen (secondary N) is 1. The van der Waals surface area contributed by atoms with Crippen molar-refractivity contribution in [1.82, 2.24) is 4.72 Å². The number of hydrogen-bond acceptors (Lipinski definition) is 4. The maximum atomic E-state index is 12.0. The van der Waals surface area contributed by atoms with Gasteiger partial charge in [0, 0.05) is 5.56 Å². The van der Waals surface area contributed by atoms with Crippen LogP contribution >= 0.6 is 12.2 Å². The molecule has 1 aromatic carbocycles. The minimum atomic E-state index is -3.90. The van der Waals surface area contributed by atoms with E-state index in [9.17, 15) is 13.2 Å². The quantitative estimate of drug-likeness (QED) is 0.630. The van der Waals surface area contributed by atoms with Crippen LogP contribution in [0, 0.1) is 0 Å². The third kappa shape index (κ3) is 3.25. The van der Waals surface area contributed by atoms with Crippen LogP contribution in [0.5, 0.6) is 0 Å². The summed E-state index contributed by atoms with van der Waals surface area (Å²) < 4.78 is 26.2. The van der Waals surface area contributed by atoms with E-state index >= 15 is 0 Å². The first kappa shape index (κ1) is 14.6. The van der Waals surface area contributed by atoms with Gasteiger partial charge in [-0.15, -0.1) is 0 Å². The molecular weight excluding hydrogens is 274 g/mol. The molecule has 1 amide bonds. The Labute approximate surface area is 110 Å². The van der Waals surface area contributed by atoms with Gasteiger partial charge in [0.2, 0.25) is 15.9 Å². The molecule has 6 nitrogen and oxygen atoms in total. The molecule has 5 N–H and O–H groups in total. The molecule has 98 valence electrons. The second kappa shape index (κ2) is 5.42. The molecule has 1 aromatic rings. The second-order valence-corrected chi connectivity index (χ2v) is 5.73. The number of primary amides is 1. The third-order valence-corrected chi connectivity index (χ3v) is 4.02. The minimum absolute atomic E-state index is 0.0392. The van der Waals surface area contributed by atoms with Crippen molar-refractivity contribution in [2.24, 2.45) is 11.5 Å². The molecule has 0 aromatic heterocycles. The van der Waals surface area contributed by atoms with Gasteiger partial charge in [0.05, 0.1) is 10.9 Å². The molecule has 0 fully saturated rings. The van der Waals surface area contributed by atoms with Gasteiger partial charge in [-0.05, 0) is 13.0 Å². The highest BCUT2D eigenvalue weighted by molar-refractivity contribution is 7.89. The fraction of sp³-hybridized carbons (Fsp3) is 0.200. The summed E-state index contributed by atoms with van der Waals surface area (Å²) in [5.41, 5.74) is 10.7. The molecule has 0 saturated carbocycles. The van der Waals surface area contributed by atoms with E-state index in [1.54, 1.807) is 6.07 Å². The Morgan fingerprint density at radius 2 is 1.89 bits per heavy atom. The number of carbonyl (C=O) groups excluding carboxylic acids is 1. The lowest BCUT2D eigenvalue weighted by Gasteiger charge is -2.13. The molecule has 0 heterocycles. The lowest BCUT2D eigenvalue weighted by atomic mass is 10.2. The number of benzene rings is 1. The fourth-order valence-corrected chi connectivity index (χ4v) is 2.94. The van der Waals surface area contributed by atoms with Gasteiger partial charge in [0.1, 0.15) is 4.99 Å². The Balaban J connectivity index is 3.21. The molecule has 1 unspecified atom stereocenters. The molecule has 1 atom stereocenters. The number of carbonyl (C=O) groups is 1. The molecule has 0 bridgehead atoms. The van der Waals surface area contributed by atoms with Crippen molar-refractivity contribution in [2.75, 3.05) is 0 Å².